The third-order valence-electron chi connectivity index (χ3n) is 3.89. The quantitative estimate of drug-likeness (QED) is 0.898. The lowest BCUT2D eigenvalue weighted by molar-refractivity contribution is -0.137. The number of amides is 1. The molecule has 25 heavy (non-hydrogen) atoms. The van der Waals surface area contributed by atoms with Crippen molar-refractivity contribution in [2.24, 2.45) is 7.05 Å². The van der Waals surface area contributed by atoms with E-state index in [1.54, 1.807) is 36.7 Å². The van der Waals surface area contributed by atoms with E-state index in [1.165, 1.54) is 6.07 Å². The molecule has 0 saturated heterocycles. The number of carbonyl (C=O) groups is 1. The van der Waals surface area contributed by atoms with Gasteiger partial charge in [-0.3, -0.25) is 14.4 Å². The Morgan fingerprint density at radius 3 is 2.56 bits per heavy atom. The lowest BCUT2D eigenvalue weighted by atomic mass is 10.1. The minimum atomic E-state index is -4.37. The summed E-state index contributed by atoms with van der Waals surface area (Å²) in [7, 11) is 3.47. The maximum Gasteiger partial charge on any atom is 0.416 e. The van der Waals surface area contributed by atoms with E-state index in [9.17, 15) is 18.0 Å². The first-order valence-corrected chi connectivity index (χ1v) is 7.72. The second kappa shape index (κ2) is 7.26. The highest BCUT2D eigenvalue weighted by atomic mass is 19.4. The second-order valence-corrected chi connectivity index (χ2v) is 6.09. The molecule has 1 aromatic carbocycles. The molecule has 1 N–H and O–H groups in total. The zero-order chi connectivity index (χ0) is 18.8. The van der Waals surface area contributed by atoms with Crippen molar-refractivity contribution in [1.82, 2.24) is 14.7 Å². The zero-order valence-electron chi connectivity index (χ0n) is 14.6. The van der Waals surface area contributed by atoms with E-state index in [0.29, 0.717) is 16.9 Å². The van der Waals surface area contributed by atoms with Crippen LogP contribution in [-0.2, 0) is 24.6 Å². The molecule has 0 unspecified atom stereocenters. The van der Waals surface area contributed by atoms with Gasteiger partial charge in [-0.05, 0) is 32.5 Å². The molecular weight excluding hydrogens is 333 g/mol. The number of alkyl halides is 3. The highest BCUT2D eigenvalue weighted by Gasteiger charge is 2.30. The van der Waals surface area contributed by atoms with Crippen molar-refractivity contribution >= 4 is 11.6 Å². The summed E-state index contributed by atoms with van der Waals surface area (Å²) in [6.07, 6.45) is -4.37. The molecule has 1 aromatic heterocycles. The molecule has 2 aromatic rings. The maximum absolute atomic E-state index is 12.7. The standard InChI is InChI=1S/C17H21F3N4O/c1-11-16(12(2)24(4)22-11)21-15(25)10-23(3)9-13-6-5-7-14(8-13)17(18,19)20/h5-8H,9-10H2,1-4H3,(H,21,25). The predicted octanol–water partition coefficient (Wildman–Crippen LogP) is 3.13. The van der Waals surface area contributed by atoms with Crippen LogP contribution < -0.4 is 5.32 Å². The van der Waals surface area contributed by atoms with Gasteiger partial charge in [0.15, 0.2) is 0 Å². The summed E-state index contributed by atoms with van der Waals surface area (Å²) in [6, 6.07) is 5.11. The summed E-state index contributed by atoms with van der Waals surface area (Å²) in [5.41, 5.74) is 2.03. The van der Waals surface area contributed by atoms with Crippen molar-refractivity contribution in [2.45, 2.75) is 26.6 Å². The van der Waals surface area contributed by atoms with E-state index in [2.05, 4.69) is 10.4 Å². The third-order valence-corrected chi connectivity index (χ3v) is 3.89. The van der Waals surface area contributed by atoms with Crippen LogP contribution in [-0.4, -0.2) is 34.2 Å². The van der Waals surface area contributed by atoms with E-state index in [0.717, 1.165) is 17.8 Å². The molecular formula is C17H21F3N4O. The Morgan fingerprint density at radius 2 is 2.00 bits per heavy atom. The number of rotatable bonds is 5. The van der Waals surface area contributed by atoms with Crippen LogP contribution in [0.1, 0.15) is 22.5 Å². The smallest absolute Gasteiger partial charge is 0.322 e. The van der Waals surface area contributed by atoms with Crippen molar-refractivity contribution in [2.75, 3.05) is 18.9 Å². The second-order valence-electron chi connectivity index (χ2n) is 6.09. The van der Waals surface area contributed by atoms with Crippen LogP contribution in [0, 0.1) is 13.8 Å². The fourth-order valence-corrected chi connectivity index (χ4v) is 2.59. The van der Waals surface area contributed by atoms with Crippen molar-refractivity contribution in [3.05, 3.63) is 46.8 Å². The molecule has 1 amide bonds. The molecule has 0 atom stereocenters. The van der Waals surface area contributed by atoms with Gasteiger partial charge in [0.1, 0.15) is 0 Å². The van der Waals surface area contributed by atoms with E-state index in [1.807, 2.05) is 6.92 Å². The van der Waals surface area contributed by atoms with Crippen LogP contribution >= 0.6 is 0 Å². The Balaban J connectivity index is 1.98. The number of hydrogen-bond donors (Lipinski definition) is 1. The summed E-state index contributed by atoms with van der Waals surface area (Å²) in [5, 5.41) is 7.03. The zero-order valence-corrected chi connectivity index (χ0v) is 14.6. The molecule has 0 aliphatic heterocycles. The highest BCUT2D eigenvalue weighted by molar-refractivity contribution is 5.93. The number of nitrogens with zero attached hydrogens (tertiary/aromatic N) is 3. The third kappa shape index (κ3) is 4.82. The average Bonchev–Trinajstić information content (AvgIpc) is 2.73. The number of aryl methyl sites for hydroxylation is 2. The van der Waals surface area contributed by atoms with Gasteiger partial charge < -0.3 is 5.32 Å². The topological polar surface area (TPSA) is 50.2 Å². The van der Waals surface area contributed by atoms with Crippen molar-refractivity contribution < 1.29 is 18.0 Å². The Hall–Kier alpha value is -2.35. The van der Waals surface area contributed by atoms with E-state index >= 15 is 0 Å². The molecule has 0 fully saturated rings. The van der Waals surface area contributed by atoms with Crippen LogP contribution in [0.4, 0.5) is 18.9 Å². The molecule has 0 aliphatic carbocycles. The molecule has 136 valence electrons. The summed E-state index contributed by atoms with van der Waals surface area (Å²) in [5.74, 6) is -0.242. The van der Waals surface area contributed by atoms with Crippen LogP contribution in [0.25, 0.3) is 0 Å². The number of halogens is 3. The Bertz CT molecular complexity index is 768. The Labute approximate surface area is 144 Å². The van der Waals surface area contributed by atoms with Crippen LogP contribution in [0.3, 0.4) is 0 Å². The van der Waals surface area contributed by atoms with Gasteiger partial charge in [0.25, 0.3) is 0 Å². The van der Waals surface area contributed by atoms with Crippen LogP contribution in [0.2, 0.25) is 0 Å². The van der Waals surface area contributed by atoms with Gasteiger partial charge in [0, 0.05) is 13.6 Å². The van der Waals surface area contributed by atoms with Crippen LogP contribution in [0.5, 0.6) is 0 Å². The molecule has 1 heterocycles. The lowest BCUT2D eigenvalue weighted by Gasteiger charge is -2.17. The normalized spacial score (nSPS) is 11.8. The average molecular weight is 354 g/mol. The predicted molar refractivity (Wildman–Crippen MR) is 89.1 cm³/mol. The summed E-state index contributed by atoms with van der Waals surface area (Å²) in [4.78, 5) is 13.8. The molecule has 8 heteroatoms. The molecule has 0 saturated carbocycles. The Kier molecular flexibility index (Phi) is 5.52. The number of hydrogen-bond acceptors (Lipinski definition) is 3. The number of aromatic nitrogens is 2. The Morgan fingerprint density at radius 1 is 1.32 bits per heavy atom. The minimum Gasteiger partial charge on any atom is -0.322 e. The van der Waals surface area contributed by atoms with Gasteiger partial charge in [-0.1, -0.05) is 18.2 Å². The van der Waals surface area contributed by atoms with Crippen molar-refractivity contribution in [1.29, 1.82) is 0 Å². The van der Waals surface area contributed by atoms with Gasteiger partial charge in [0.05, 0.1) is 29.2 Å². The lowest BCUT2D eigenvalue weighted by Crippen LogP contribution is -2.30. The maximum atomic E-state index is 12.7. The molecule has 0 spiro atoms. The number of benzene rings is 1. The first-order chi connectivity index (χ1) is 11.6. The minimum absolute atomic E-state index is 0.0595. The number of anilines is 1. The highest BCUT2D eigenvalue weighted by Crippen LogP contribution is 2.29. The van der Waals surface area contributed by atoms with Gasteiger partial charge in [0.2, 0.25) is 5.91 Å². The summed E-state index contributed by atoms with van der Waals surface area (Å²) < 4.78 is 39.9. The monoisotopic (exact) mass is 354 g/mol. The van der Waals surface area contributed by atoms with Gasteiger partial charge in [-0.15, -0.1) is 0 Å². The number of carbonyl (C=O) groups excluding carboxylic acids is 1. The van der Waals surface area contributed by atoms with E-state index in [4.69, 9.17) is 0 Å². The first-order valence-electron chi connectivity index (χ1n) is 7.72. The van der Waals surface area contributed by atoms with E-state index in [-0.39, 0.29) is 19.0 Å². The molecule has 0 bridgehead atoms. The summed E-state index contributed by atoms with van der Waals surface area (Å²) >= 11 is 0. The fourth-order valence-electron chi connectivity index (χ4n) is 2.59. The largest absolute Gasteiger partial charge is 0.416 e. The first kappa shape index (κ1) is 19.0. The van der Waals surface area contributed by atoms with Gasteiger partial charge in [-0.25, -0.2) is 0 Å². The number of nitrogens with one attached hydrogen (secondary N) is 1. The van der Waals surface area contributed by atoms with Gasteiger partial charge in [-0.2, -0.15) is 18.3 Å². The molecule has 0 radical (unpaired) electrons. The van der Waals surface area contributed by atoms with E-state index < -0.39 is 11.7 Å². The number of likely N-dealkylation sites (N-methyl/N-ethyl adjacent to an activating group) is 1. The summed E-state index contributed by atoms with van der Waals surface area (Å²) in [6.45, 7) is 3.95. The van der Waals surface area contributed by atoms with Gasteiger partial charge >= 0.3 is 6.18 Å². The van der Waals surface area contributed by atoms with Crippen molar-refractivity contribution in [3.8, 4) is 0 Å². The molecule has 5 nitrogen and oxygen atoms in total. The van der Waals surface area contributed by atoms with Crippen molar-refractivity contribution in [3.63, 3.8) is 0 Å². The fraction of sp³-hybridized carbons (Fsp3) is 0.412. The van der Waals surface area contributed by atoms with Crippen LogP contribution in [0.15, 0.2) is 24.3 Å². The molecule has 0 aliphatic rings. The SMILES string of the molecule is Cc1nn(C)c(C)c1NC(=O)CN(C)Cc1cccc(C(F)(F)F)c1. The molecule has 2 rings (SSSR count).